The van der Waals surface area contributed by atoms with Gasteiger partial charge in [0.05, 0.1) is 18.8 Å². The molecule has 1 unspecified atom stereocenters. The quantitative estimate of drug-likeness (QED) is 0.846. The van der Waals surface area contributed by atoms with Crippen LogP contribution in [0.25, 0.3) is 11.0 Å². The van der Waals surface area contributed by atoms with Crippen LogP contribution < -0.4 is 0 Å². The number of H-pyrrole nitrogens is 1. The van der Waals surface area contributed by atoms with Crippen molar-refractivity contribution >= 4 is 16.9 Å². The molecule has 1 amide bonds. The van der Waals surface area contributed by atoms with Gasteiger partial charge < -0.3 is 14.7 Å². The van der Waals surface area contributed by atoms with Crippen LogP contribution in [-0.2, 0) is 4.74 Å². The van der Waals surface area contributed by atoms with Crippen molar-refractivity contribution < 1.29 is 14.6 Å². The van der Waals surface area contributed by atoms with Crippen molar-refractivity contribution in [2.75, 3.05) is 19.8 Å². The van der Waals surface area contributed by atoms with E-state index in [1.807, 2.05) is 4.90 Å². The Morgan fingerprint density at radius 1 is 1.36 bits per heavy atom. The van der Waals surface area contributed by atoms with Crippen molar-refractivity contribution in [2.45, 2.75) is 25.0 Å². The van der Waals surface area contributed by atoms with Crippen molar-refractivity contribution in [3.05, 3.63) is 23.8 Å². The number of hydrogen-bond donors (Lipinski definition) is 2. The first-order valence-electron chi connectivity index (χ1n) is 7.60. The highest BCUT2D eigenvalue weighted by Gasteiger charge is 2.42. The summed E-state index contributed by atoms with van der Waals surface area (Å²) in [6.45, 7) is 1.30. The highest BCUT2D eigenvalue weighted by Crippen LogP contribution is 2.34. The zero-order valence-corrected chi connectivity index (χ0v) is 12.1. The van der Waals surface area contributed by atoms with E-state index in [1.54, 1.807) is 18.2 Å². The van der Waals surface area contributed by atoms with Gasteiger partial charge in [-0.15, -0.1) is 0 Å². The number of aromatic amines is 1. The molecule has 22 heavy (non-hydrogen) atoms. The van der Waals surface area contributed by atoms with Gasteiger partial charge in [0.2, 0.25) is 0 Å². The molecule has 2 aromatic rings. The van der Waals surface area contributed by atoms with Crippen LogP contribution in [0.15, 0.2) is 18.2 Å². The van der Waals surface area contributed by atoms with Gasteiger partial charge in [0.25, 0.3) is 5.91 Å². The van der Waals surface area contributed by atoms with E-state index in [0.717, 1.165) is 18.4 Å². The van der Waals surface area contributed by atoms with Gasteiger partial charge in [0.15, 0.2) is 0 Å². The number of aromatic nitrogens is 3. The van der Waals surface area contributed by atoms with Crippen molar-refractivity contribution in [3.8, 4) is 0 Å². The topological polar surface area (TPSA) is 91.3 Å². The molecule has 1 aliphatic heterocycles. The Kier molecular flexibility index (Phi) is 3.31. The molecule has 1 aromatic heterocycles. The molecule has 1 saturated heterocycles. The molecule has 2 N–H and O–H groups in total. The van der Waals surface area contributed by atoms with Gasteiger partial charge in [0, 0.05) is 18.7 Å². The van der Waals surface area contributed by atoms with Gasteiger partial charge in [-0.05, 0) is 37.0 Å². The second-order valence-electron chi connectivity index (χ2n) is 6.02. The van der Waals surface area contributed by atoms with E-state index in [-0.39, 0.29) is 30.6 Å². The predicted molar refractivity (Wildman–Crippen MR) is 78.3 cm³/mol. The Balaban J connectivity index is 1.60. The number of aliphatic hydroxyl groups is 1. The van der Waals surface area contributed by atoms with Gasteiger partial charge >= 0.3 is 0 Å². The molecule has 3 atom stereocenters. The van der Waals surface area contributed by atoms with Gasteiger partial charge in [-0.1, -0.05) is 0 Å². The van der Waals surface area contributed by atoms with Crippen LogP contribution in [0.2, 0.25) is 0 Å². The number of benzene rings is 1. The fourth-order valence-corrected chi connectivity index (χ4v) is 3.59. The molecular weight excluding hydrogens is 284 g/mol. The van der Waals surface area contributed by atoms with Crippen LogP contribution >= 0.6 is 0 Å². The molecule has 2 heterocycles. The Hall–Kier alpha value is -1.99. The average Bonchev–Trinajstić information content (AvgIpc) is 3.18. The smallest absolute Gasteiger partial charge is 0.254 e. The maximum absolute atomic E-state index is 12.9. The Morgan fingerprint density at radius 2 is 2.23 bits per heavy atom. The third-order valence-electron chi connectivity index (χ3n) is 4.72. The molecule has 1 aliphatic carbocycles. The number of amides is 1. The zero-order chi connectivity index (χ0) is 15.1. The number of rotatable bonds is 2. The molecule has 1 aromatic carbocycles. The fraction of sp³-hybridized carbons (Fsp3) is 0.533. The highest BCUT2D eigenvalue weighted by atomic mass is 16.5. The SMILES string of the molecule is O=C(c1ccc2n[nH]nc2c1)N1CCOC2C[C@H](CO)C[C@@H]21. The number of carbonyl (C=O) groups excluding carboxylic acids is 1. The van der Waals surface area contributed by atoms with E-state index < -0.39 is 0 Å². The largest absolute Gasteiger partial charge is 0.396 e. The number of fused-ring (bicyclic) bond motifs is 2. The van der Waals surface area contributed by atoms with Crippen molar-refractivity contribution in [2.24, 2.45) is 5.92 Å². The second kappa shape index (κ2) is 5.33. The monoisotopic (exact) mass is 302 g/mol. The molecule has 0 radical (unpaired) electrons. The van der Waals surface area contributed by atoms with Crippen molar-refractivity contribution in [1.29, 1.82) is 0 Å². The Bertz CT molecular complexity index is 701. The summed E-state index contributed by atoms with van der Waals surface area (Å²) in [6, 6.07) is 5.42. The molecule has 0 spiro atoms. The van der Waals surface area contributed by atoms with E-state index in [9.17, 15) is 9.90 Å². The first-order valence-corrected chi connectivity index (χ1v) is 7.60. The minimum atomic E-state index is 0.00166. The summed E-state index contributed by atoms with van der Waals surface area (Å²) < 4.78 is 5.78. The minimum Gasteiger partial charge on any atom is -0.396 e. The molecule has 7 nitrogen and oxygen atoms in total. The summed E-state index contributed by atoms with van der Waals surface area (Å²) in [5, 5.41) is 20.0. The highest BCUT2D eigenvalue weighted by molar-refractivity contribution is 5.97. The lowest BCUT2D eigenvalue weighted by atomic mass is 10.1. The number of carbonyl (C=O) groups is 1. The first-order chi connectivity index (χ1) is 10.8. The summed E-state index contributed by atoms with van der Waals surface area (Å²) in [7, 11) is 0. The zero-order valence-electron chi connectivity index (χ0n) is 12.1. The molecule has 1 saturated carbocycles. The number of nitrogens with one attached hydrogen (secondary N) is 1. The van der Waals surface area contributed by atoms with E-state index in [2.05, 4.69) is 15.4 Å². The van der Waals surface area contributed by atoms with Gasteiger partial charge in [0.1, 0.15) is 11.0 Å². The summed E-state index contributed by atoms with van der Waals surface area (Å²) in [6.07, 6.45) is 1.68. The lowest BCUT2D eigenvalue weighted by Crippen LogP contribution is -2.51. The summed E-state index contributed by atoms with van der Waals surface area (Å²) in [5.41, 5.74) is 2.06. The summed E-state index contributed by atoms with van der Waals surface area (Å²) >= 11 is 0. The fourth-order valence-electron chi connectivity index (χ4n) is 3.59. The lowest BCUT2D eigenvalue weighted by Gasteiger charge is -2.37. The molecule has 7 heteroatoms. The van der Waals surface area contributed by atoms with E-state index >= 15 is 0 Å². The minimum absolute atomic E-state index is 0.00166. The maximum Gasteiger partial charge on any atom is 0.254 e. The van der Waals surface area contributed by atoms with Crippen LogP contribution in [0.5, 0.6) is 0 Å². The van der Waals surface area contributed by atoms with E-state index in [4.69, 9.17) is 4.74 Å². The maximum atomic E-state index is 12.9. The first kappa shape index (κ1) is 13.7. The third kappa shape index (κ3) is 2.17. The lowest BCUT2D eigenvalue weighted by molar-refractivity contribution is -0.0448. The number of nitrogens with zero attached hydrogens (tertiary/aromatic N) is 3. The van der Waals surface area contributed by atoms with E-state index in [0.29, 0.717) is 24.2 Å². The van der Waals surface area contributed by atoms with Gasteiger partial charge in [-0.2, -0.15) is 15.4 Å². The predicted octanol–water partition coefficient (Wildman–Crippen LogP) is 0.570. The standard InChI is InChI=1S/C15H18N4O3/c20-8-9-5-13-14(6-9)22-4-3-19(13)15(21)10-1-2-11-12(7-10)17-18-16-11/h1-2,7,9,13-14,20H,3-6,8H2,(H,16,17,18)/t9-,13+,14?/m1/s1. The number of hydrogen-bond acceptors (Lipinski definition) is 5. The summed E-state index contributed by atoms with van der Waals surface area (Å²) in [5.74, 6) is 0.225. The molecule has 2 fully saturated rings. The Morgan fingerprint density at radius 3 is 3.09 bits per heavy atom. The molecule has 4 rings (SSSR count). The van der Waals surface area contributed by atoms with Crippen LogP contribution in [0.1, 0.15) is 23.2 Å². The third-order valence-corrected chi connectivity index (χ3v) is 4.72. The van der Waals surface area contributed by atoms with Crippen LogP contribution in [0, 0.1) is 5.92 Å². The second-order valence-corrected chi connectivity index (χ2v) is 6.02. The van der Waals surface area contributed by atoms with Crippen LogP contribution in [0.3, 0.4) is 0 Å². The number of ether oxygens (including phenoxy) is 1. The summed E-state index contributed by atoms with van der Waals surface area (Å²) in [4.78, 5) is 14.7. The molecule has 2 aliphatic rings. The molecular formula is C15H18N4O3. The Labute approximate surface area is 127 Å². The van der Waals surface area contributed by atoms with Gasteiger partial charge in [-0.25, -0.2) is 0 Å². The van der Waals surface area contributed by atoms with Crippen LogP contribution in [-0.4, -0.2) is 63.2 Å². The van der Waals surface area contributed by atoms with Crippen molar-refractivity contribution in [1.82, 2.24) is 20.3 Å². The van der Waals surface area contributed by atoms with Crippen LogP contribution in [0.4, 0.5) is 0 Å². The number of aliphatic hydroxyl groups excluding tert-OH is 1. The molecule has 0 bridgehead atoms. The van der Waals surface area contributed by atoms with Crippen molar-refractivity contribution in [3.63, 3.8) is 0 Å². The average molecular weight is 302 g/mol. The number of morpholine rings is 1. The van der Waals surface area contributed by atoms with Gasteiger partial charge in [-0.3, -0.25) is 4.79 Å². The van der Waals surface area contributed by atoms with E-state index in [1.165, 1.54) is 0 Å². The molecule has 116 valence electrons. The normalized spacial score (nSPS) is 28.0.